The Hall–Kier alpha value is -3.60. The molecule has 0 spiro atoms. The number of methoxy groups -OCH3 is 1. The molecule has 5 nitrogen and oxygen atoms in total. The van der Waals surface area contributed by atoms with E-state index in [0.29, 0.717) is 11.3 Å². The maximum absolute atomic E-state index is 13.4. The second-order valence-electron chi connectivity index (χ2n) is 7.05. The second kappa shape index (κ2) is 7.80. The van der Waals surface area contributed by atoms with Crippen LogP contribution in [0.25, 0.3) is 0 Å². The highest BCUT2D eigenvalue weighted by atomic mass is 16.5. The molecule has 146 valence electrons. The van der Waals surface area contributed by atoms with E-state index in [1.807, 2.05) is 48.5 Å². The van der Waals surface area contributed by atoms with Crippen molar-refractivity contribution in [1.29, 1.82) is 0 Å². The van der Waals surface area contributed by atoms with Gasteiger partial charge in [-0.2, -0.15) is 0 Å². The molecule has 4 rings (SSSR count). The molecular formula is C24H22N2O3. The fourth-order valence-corrected chi connectivity index (χ4v) is 3.92. The lowest BCUT2D eigenvalue weighted by Gasteiger charge is -2.39. The number of nitrogens with zero attached hydrogens (tertiary/aromatic N) is 1. The molecule has 3 aromatic rings. The van der Waals surface area contributed by atoms with Crippen molar-refractivity contribution < 1.29 is 14.3 Å². The molecule has 0 bridgehead atoms. The van der Waals surface area contributed by atoms with Crippen LogP contribution < -0.4 is 10.1 Å². The Morgan fingerprint density at radius 2 is 1.59 bits per heavy atom. The Morgan fingerprint density at radius 1 is 0.931 bits per heavy atom. The highest BCUT2D eigenvalue weighted by Crippen LogP contribution is 2.42. The van der Waals surface area contributed by atoms with Crippen molar-refractivity contribution in [2.45, 2.75) is 12.0 Å². The number of anilines is 1. The number of likely N-dealkylation sites (N-methyl/N-ethyl adjacent to an activating group) is 1. The van der Waals surface area contributed by atoms with Gasteiger partial charge in [0, 0.05) is 18.3 Å². The molecule has 0 fully saturated rings. The van der Waals surface area contributed by atoms with E-state index < -0.39 is 12.0 Å². The minimum atomic E-state index is -0.529. The number of rotatable bonds is 4. The Bertz CT molecular complexity index is 1030. The monoisotopic (exact) mass is 386 g/mol. The third-order valence-electron chi connectivity index (χ3n) is 5.36. The van der Waals surface area contributed by atoms with Crippen LogP contribution in [0.5, 0.6) is 5.75 Å². The zero-order valence-electron chi connectivity index (χ0n) is 16.3. The van der Waals surface area contributed by atoms with Gasteiger partial charge in [-0.15, -0.1) is 0 Å². The topological polar surface area (TPSA) is 58.6 Å². The van der Waals surface area contributed by atoms with Crippen molar-refractivity contribution in [1.82, 2.24) is 4.90 Å². The summed E-state index contributed by atoms with van der Waals surface area (Å²) >= 11 is 0. The van der Waals surface area contributed by atoms with Crippen LogP contribution in [0.4, 0.5) is 5.69 Å². The summed E-state index contributed by atoms with van der Waals surface area (Å²) in [6, 6.07) is 23.8. The number of fused-ring (bicyclic) bond motifs is 1. The van der Waals surface area contributed by atoms with Crippen LogP contribution in [-0.2, 0) is 4.79 Å². The van der Waals surface area contributed by atoms with Crippen LogP contribution in [0.3, 0.4) is 0 Å². The molecule has 1 aliphatic rings. The predicted octanol–water partition coefficient (Wildman–Crippen LogP) is 4.24. The van der Waals surface area contributed by atoms with Crippen LogP contribution in [0, 0.1) is 0 Å². The predicted molar refractivity (Wildman–Crippen MR) is 112 cm³/mol. The summed E-state index contributed by atoms with van der Waals surface area (Å²) < 4.78 is 5.18. The van der Waals surface area contributed by atoms with Gasteiger partial charge in [-0.1, -0.05) is 48.5 Å². The number of ether oxygens (including phenoxy) is 1. The Kier molecular flexibility index (Phi) is 5.04. The molecule has 0 aliphatic carbocycles. The summed E-state index contributed by atoms with van der Waals surface area (Å²) in [4.78, 5) is 28.1. The first-order valence-corrected chi connectivity index (χ1v) is 9.46. The smallest absolute Gasteiger partial charge is 0.254 e. The highest BCUT2D eigenvalue weighted by Gasteiger charge is 2.42. The average Bonchev–Trinajstić information content (AvgIpc) is 2.77. The molecule has 2 amide bonds. The molecule has 0 saturated carbocycles. The molecule has 0 saturated heterocycles. The Labute approximate surface area is 169 Å². The Balaban J connectivity index is 1.76. The summed E-state index contributed by atoms with van der Waals surface area (Å²) in [6.45, 7) is 0. The van der Waals surface area contributed by atoms with Gasteiger partial charge in [0.15, 0.2) is 0 Å². The van der Waals surface area contributed by atoms with Gasteiger partial charge >= 0.3 is 0 Å². The van der Waals surface area contributed by atoms with E-state index in [2.05, 4.69) is 5.32 Å². The van der Waals surface area contributed by atoms with E-state index in [-0.39, 0.29) is 11.8 Å². The maximum atomic E-state index is 13.4. The number of hydrogen-bond acceptors (Lipinski definition) is 3. The maximum Gasteiger partial charge on any atom is 0.254 e. The third kappa shape index (κ3) is 3.47. The van der Waals surface area contributed by atoms with Crippen molar-refractivity contribution in [2.75, 3.05) is 19.5 Å². The third-order valence-corrected chi connectivity index (χ3v) is 5.36. The minimum absolute atomic E-state index is 0.0806. The van der Waals surface area contributed by atoms with Gasteiger partial charge in [-0.25, -0.2) is 0 Å². The van der Waals surface area contributed by atoms with Gasteiger partial charge in [0.05, 0.1) is 19.1 Å². The van der Waals surface area contributed by atoms with Crippen molar-refractivity contribution in [3.05, 3.63) is 95.6 Å². The lowest BCUT2D eigenvalue weighted by molar-refractivity contribution is -0.119. The fourth-order valence-electron chi connectivity index (χ4n) is 3.92. The van der Waals surface area contributed by atoms with Crippen molar-refractivity contribution >= 4 is 17.5 Å². The first kappa shape index (κ1) is 18.7. The highest BCUT2D eigenvalue weighted by molar-refractivity contribution is 6.04. The molecule has 0 aromatic heterocycles. The summed E-state index contributed by atoms with van der Waals surface area (Å²) in [6.07, 6.45) is 0. The SMILES string of the molecule is COc1ccc(NC(=O)[C@H]2c3ccccc3C(=O)N(C)[C@@H]2c2ccccc2)cc1. The zero-order valence-corrected chi connectivity index (χ0v) is 16.3. The molecule has 1 aliphatic heterocycles. The number of nitrogens with one attached hydrogen (secondary N) is 1. The molecule has 1 N–H and O–H groups in total. The molecule has 1 heterocycles. The second-order valence-corrected chi connectivity index (χ2v) is 7.05. The summed E-state index contributed by atoms with van der Waals surface area (Å²) in [5, 5.41) is 3.01. The van der Waals surface area contributed by atoms with Crippen LogP contribution in [0.15, 0.2) is 78.9 Å². The Morgan fingerprint density at radius 3 is 2.28 bits per heavy atom. The van der Waals surface area contributed by atoms with Crippen LogP contribution in [0.2, 0.25) is 0 Å². The summed E-state index contributed by atoms with van der Waals surface area (Å²) in [7, 11) is 3.35. The van der Waals surface area contributed by atoms with E-state index in [9.17, 15) is 9.59 Å². The van der Waals surface area contributed by atoms with E-state index in [1.165, 1.54) is 0 Å². The molecule has 5 heteroatoms. The van der Waals surface area contributed by atoms with Crippen LogP contribution in [-0.4, -0.2) is 30.9 Å². The van der Waals surface area contributed by atoms with Gasteiger partial charge < -0.3 is 15.0 Å². The van der Waals surface area contributed by atoms with Crippen molar-refractivity contribution in [3.8, 4) is 5.75 Å². The standard InChI is InChI=1S/C24H22N2O3/c1-26-22(16-8-4-3-5-9-16)21(19-10-6-7-11-20(19)24(26)28)23(27)25-17-12-14-18(29-2)15-13-17/h3-15,21-22H,1-2H3,(H,25,27)/t21-,22+/m0/s1. The minimum Gasteiger partial charge on any atom is -0.497 e. The van der Waals surface area contributed by atoms with Crippen LogP contribution in [0.1, 0.15) is 33.4 Å². The molecule has 2 atom stereocenters. The van der Waals surface area contributed by atoms with Gasteiger partial charge in [0.25, 0.3) is 5.91 Å². The van der Waals surface area contributed by atoms with Crippen molar-refractivity contribution in [2.24, 2.45) is 0 Å². The number of hydrogen-bond donors (Lipinski definition) is 1. The first-order chi connectivity index (χ1) is 14.1. The number of carbonyl (C=O) groups excluding carboxylic acids is 2. The molecule has 0 unspecified atom stereocenters. The van der Waals surface area contributed by atoms with Gasteiger partial charge in [-0.3, -0.25) is 9.59 Å². The fraction of sp³-hybridized carbons (Fsp3) is 0.167. The summed E-state index contributed by atoms with van der Waals surface area (Å²) in [5.74, 6) is -0.0457. The number of amides is 2. The zero-order chi connectivity index (χ0) is 20.4. The van der Waals surface area contributed by atoms with Crippen LogP contribution >= 0.6 is 0 Å². The average molecular weight is 386 g/mol. The lowest BCUT2D eigenvalue weighted by Crippen LogP contribution is -2.44. The summed E-state index contributed by atoms with van der Waals surface area (Å²) in [5.41, 5.74) is 2.92. The number of benzene rings is 3. The normalized spacial score (nSPS) is 18.1. The van der Waals surface area contributed by atoms with E-state index >= 15 is 0 Å². The lowest BCUT2D eigenvalue weighted by atomic mass is 9.79. The van der Waals surface area contributed by atoms with Gasteiger partial charge in [0.1, 0.15) is 5.75 Å². The first-order valence-electron chi connectivity index (χ1n) is 9.46. The molecular weight excluding hydrogens is 364 g/mol. The van der Waals surface area contributed by atoms with E-state index in [1.54, 1.807) is 49.4 Å². The van der Waals surface area contributed by atoms with E-state index in [0.717, 1.165) is 16.9 Å². The number of carbonyl (C=O) groups is 2. The van der Waals surface area contributed by atoms with Gasteiger partial charge in [-0.05, 0) is 41.5 Å². The quantitative estimate of drug-likeness (QED) is 0.729. The van der Waals surface area contributed by atoms with E-state index in [4.69, 9.17) is 4.74 Å². The molecule has 3 aromatic carbocycles. The van der Waals surface area contributed by atoms with Gasteiger partial charge in [0.2, 0.25) is 5.91 Å². The van der Waals surface area contributed by atoms with Crippen molar-refractivity contribution in [3.63, 3.8) is 0 Å². The molecule has 29 heavy (non-hydrogen) atoms. The largest absolute Gasteiger partial charge is 0.497 e. The molecule has 0 radical (unpaired) electrons.